The van der Waals surface area contributed by atoms with Gasteiger partial charge < -0.3 is 10.1 Å². The zero-order valence-electron chi connectivity index (χ0n) is 9.88. The Bertz CT molecular complexity index is 386. The number of benzene rings is 1. The highest BCUT2D eigenvalue weighted by Gasteiger charge is 2.21. The lowest BCUT2D eigenvalue weighted by molar-refractivity contribution is 0.0669. The Morgan fingerprint density at radius 1 is 1.41 bits per heavy atom. The molecule has 1 saturated carbocycles. The first kappa shape index (κ1) is 12.8. The van der Waals surface area contributed by atoms with Crippen molar-refractivity contribution in [1.82, 2.24) is 0 Å². The number of nitrogens with one attached hydrogen (secondary N) is 1. The number of anilines is 1. The third kappa shape index (κ3) is 3.42. The van der Waals surface area contributed by atoms with E-state index in [0.29, 0.717) is 16.6 Å². The molecule has 0 bridgehead atoms. The van der Waals surface area contributed by atoms with Crippen molar-refractivity contribution < 1.29 is 9.13 Å². The van der Waals surface area contributed by atoms with E-state index in [1.54, 1.807) is 13.2 Å². The van der Waals surface area contributed by atoms with Crippen LogP contribution >= 0.6 is 15.9 Å². The normalized spacial score (nSPS) is 24.6. The van der Waals surface area contributed by atoms with Crippen LogP contribution in [0, 0.1) is 5.82 Å². The van der Waals surface area contributed by atoms with Gasteiger partial charge in [-0.15, -0.1) is 0 Å². The second-order valence-electron chi connectivity index (χ2n) is 4.49. The first-order valence-corrected chi connectivity index (χ1v) is 6.72. The average molecular weight is 302 g/mol. The minimum atomic E-state index is -0.228. The highest BCUT2D eigenvalue weighted by atomic mass is 79.9. The Kier molecular flexibility index (Phi) is 4.40. The molecule has 2 atom stereocenters. The van der Waals surface area contributed by atoms with Gasteiger partial charge in [0.05, 0.1) is 10.6 Å². The third-order valence-corrected chi connectivity index (χ3v) is 3.89. The van der Waals surface area contributed by atoms with Crippen LogP contribution in [0.15, 0.2) is 22.7 Å². The van der Waals surface area contributed by atoms with Crippen LogP contribution in [0.4, 0.5) is 10.1 Å². The molecule has 1 aromatic rings. The maximum Gasteiger partial charge on any atom is 0.139 e. The number of rotatable bonds is 3. The van der Waals surface area contributed by atoms with E-state index in [2.05, 4.69) is 21.2 Å². The van der Waals surface area contributed by atoms with E-state index in [0.717, 1.165) is 31.4 Å². The van der Waals surface area contributed by atoms with Gasteiger partial charge >= 0.3 is 0 Å². The summed E-state index contributed by atoms with van der Waals surface area (Å²) in [6.45, 7) is 0. The fraction of sp³-hybridized carbons (Fsp3) is 0.538. The van der Waals surface area contributed by atoms with E-state index in [4.69, 9.17) is 4.74 Å². The average Bonchev–Trinajstić information content (AvgIpc) is 2.34. The lowest BCUT2D eigenvalue weighted by Crippen LogP contribution is -2.31. The molecule has 1 aromatic carbocycles. The summed E-state index contributed by atoms with van der Waals surface area (Å²) in [4.78, 5) is 0. The van der Waals surface area contributed by atoms with Crippen molar-refractivity contribution in [2.45, 2.75) is 37.8 Å². The number of ether oxygens (including phenoxy) is 1. The molecule has 1 N–H and O–H groups in total. The Labute approximate surface area is 110 Å². The van der Waals surface area contributed by atoms with Crippen molar-refractivity contribution in [1.29, 1.82) is 0 Å². The van der Waals surface area contributed by atoms with Crippen LogP contribution in [0.1, 0.15) is 25.7 Å². The molecule has 4 heteroatoms. The predicted molar refractivity (Wildman–Crippen MR) is 70.8 cm³/mol. The maximum absolute atomic E-state index is 13.4. The zero-order chi connectivity index (χ0) is 12.3. The molecule has 0 aromatic heterocycles. The van der Waals surface area contributed by atoms with Crippen LogP contribution in [-0.2, 0) is 4.74 Å². The van der Waals surface area contributed by atoms with Crippen molar-refractivity contribution in [2.75, 3.05) is 12.4 Å². The van der Waals surface area contributed by atoms with Crippen molar-refractivity contribution >= 4 is 21.6 Å². The largest absolute Gasteiger partial charge is 0.382 e. The van der Waals surface area contributed by atoms with Gasteiger partial charge in [-0.1, -0.05) is 0 Å². The van der Waals surface area contributed by atoms with E-state index in [1.807, 2.05) is 6.07 Å². The van der Waals surface area contributed by atoms with Gasteiger partial charge in [0.25, 0.3) is 0 Å². The topological polar surface area (TPSA) is 21.3 Å². The Morgan fingerprint density at radius 3 is 2.94 bits per heavy atom. The molecule has 1 aliphatic carbocycles. The molecular formula is C13H17BrFNO. The lowest BCUT2D eigenvalue weighted by Gasteiger charge is -2.29. The van der Waals surface area contributed by atoms with Crippen molar-refractivity contribution in [3.8, 4) is 0 Å². The molecule has 2 nitrogen and oxygen atoms in total. The summed E-state index contributed by atoms with van der Waals surface area (Å²) in [5.41, 5.74) is 0.840. The Morgan fingerprint density at radius 2 is 2.24 bits per heavy atom. The van der Waals surface area contributed by atoms with Crippen LogP contribution in [0.3, 0.4) is 0 Å². The molecule has 1 fully saturated rings. The van der Waals surface area contributed by atoms with Gasteiger partial charge in [-0.2, -0.15) is 0 Å². The molecule has 2 unspecified atom stereocenters. The minimum Gasteiger partial charge on any atom is -0.382 e. The molecule has 1 aliphatic rings. The molecule has 17 heavy (non-hydrogen) atoms. The van der Waals surface area contributed by atoms with Crippen molar-refractivity contribution in [2.24, 2.45) is 0 Å². The second-order valence-corrected chi connectivity index (χ2v) is 5.35. The fourth-order valence-corrected chi connectivity index (χ4v) is 2.56. The summed E-state index contributed by atoms with van der Waals surface area (Å²) in [6, 6.07) is 5.53. The maximum atomic E-state index is 13.4. The monoisotopic (exact) mass is 301 g/mol. The highest BCUT2D eigenvalue weighted by Crippen LogP contribution is 2.25. The summed E-state index contributed by atoms with van der Waals surface area (Å²) in [5, 5.41) is 3.37. The van der Waals surface area contributed by atoms with E-state index in [1.165, 1.54) is 6.07 Å². The van der Waals surface area contributed by atoms with Crippen LogP contribution in [-0.4, -0.2) is 19.3 Å². The summed E-state index contributed by atoms with van der Waals surface area (Å²) in [7, 11) is 1.76. The molecule has 0 spiro atoms. The van der Waals surface area contributed by atoms with Crippen molar-refractivity contribution in [3.05, 3.63) is 28.5 Å². The summed E-state index contributed by atoms with van der Waals surface area (Å²) in [5.74, 6) is -0.228. The lowest BCUT2D eigenvalue weighted by atomic mass is 9.92. The Balaban J connectivity index is 1.97. The molecule has 0 amide bonds. The summed E-state index contributed by atoms with van der Waals surface area (Å²) in [6.07, 6.45) is 4.74. The van der Waals surface area contributed by atoms with Crippen LogP contribution < -0.4 is 5.32 Å². The number of halogens is 2. The van der Waals surface area contributed by atoms with Gasteiger partial charge in [0.15, 0.2) is 0 Å². The first-order valence-electron chi connectivity index (χ1n) is 5.93. The summed E-state index contributed by atoms with van der Waals surface area (Å²) >= 11 is 3.15. The molecule has 0 aliphatic heterocycles. The third-order valence-electron chi connectivity index (χ3n) is 3.25. The van der Waals surface area contributed by atoms with Crippen LogP contribution in [0.5, 0.6) is 0 Å². The van der Waals surface area contributed by atoms with E-state index in [9.17, 15) is 4.39 Å². The number of hydrogen-bond donors (Lipinski definition) is 1. The smallest absolute Gasteiger partial charge is 0.139 e. The quantitative estimate of drug-likeness (QED) is 0.912. The summed E-state index contributed by atoms with van der Waals surface area (Å²) < 4.78 is 19.2. The molecular weight excluding hydrogens is 285 g/mol. The first-order chi connectivity index (χ1) is 8.19. The molecule has 94 valence electrons. The van der Waals surface area contributed by atoms with E-state index < -0.39 is 0 Å². The fourth-order valence-electron chi connectivity index (χ4n) is 2.31. The SMILES string of the molecule is COC1CCCC(Nc2ccc(Br)c(F)c2)C1. The van der Waals surface area contributed by atoms with Gasteiger partial charge in [-0.05, 0) is 59.8 Å². The van der Waals surface area contributed by atoms with Gasteiger partial charge in [0.1, 0.15) is 5.82 Å². The number of methoxy groups -OCH3 is 1. The standard InChI is InChI=1S/C13H17BrFNO/c1-17-11-4-2-3-9(7-11)16-10-5-6-12(14)13(15)8-10/h5-6,8-9,11,16H,2-4,7H2,1H3. The highest BCUT2D eigenvalue weighted by molar-refractivity contribution is 9.10. The van der Waals surface area contributed by atoms with Crippen LogP contribution in [0.2, 0.25) is 0 Å². The number of hydrogen-bond acceptors (Lipinski definition) is 2. The Hall–Kier alpha value is -0.610. The van der Waals surface area contributed by atoms with Gasteiger partial charge in [-0.25, -0.2) is 4.39 Å². The van der Waals surface area contributed by atoms with Gasteiger partial charge in [0.2, 0.25) is 0 Å². The van der Waals surface area contributed by atoms with Gasteiger partial charge in [-0.3, -0.25) is 0 Å². The second kappa shape index (κ2) is 5.83. The predicted octanol–water partition coefficient (Wildman–Crippen LogP) is 3.96. The van der Waals surface area contributed by atoms with Gasteiger partial charge in [0, 0.05) is 18.8 Å². The zero-order valence-corrected chi connectivity index (χ0v) is 11.5. The molecule has 2 rings (SSSR count). The van der Waals surface area contributed by atoms with E-state index >= 15 is 0 Å². The van der Waals surface area contributed by atoms with Crippen LogP contribution in [0.25, 0.3) is 0 Å². The molecule has 0 saturated heterocycles. The molecule has 0 heterocycles. The van der Waals surface area contributed by atoms with Crippen molar-refractivity contribution in [3.63, 3.8) is 0 Å². The van der Waals surface area contributed by atoms with E-state index in [-0.39, 0.29) is 5.82 Å². The molecule has 0 radical (unpaired) electrons. The minimum absolute atomic E-state index is 0.228.